The molecule has 278 valence electrons. The largest absolute Gasteiger partial charge is 0.208 e. The fourth-order valence-electron chi connectivity index (χ4n) is 10.2. The Morgan fingerprint density at radius 2 is 0.932 bits per heavy atom. The second-order valence-electron chi connectivity index (χ2n) is 16.3. The van der Waals surface area contributed by atoms with Crippen molar-refractivity contribution < 1.29 is 0 Å². The lowest BCUT2D eigenvalue weighted by molar-refractivity contribution is 0.660. The number of benzene rings is 8. The van der Waals surface area contributed by atoms with Crippen LogP contribution >= 0.6 is 11.3 Å². The zero-order chi connectivity index (χ0) is 39.3. The molecule has 0 aliphatic heterocycles. The molecular formula is C55H37N3S. The molecule has 4 heteroatoms. The minimum Gasteiger partial charge on any atom is -0.208 e. The predicted molar refractivity (Wildman–Crippen MR) is 244 cm³/mol. The van der Waals surface area contributed by atoms with Crippen LogP contribution in [0.4, 0.5) is 0 Å². The Balaban J connectivity index is 1.14. The lowest BCUT2D eigenvalue weighted by Crippen LogP contribution is -2.28. The number of thiophene rings is 1. The lowest BCUT2D eigenvalue weighted by Gasteiger charge is -2.33. The summed E-state index contributed by atoms with van der Waals surface area (Å²) >= 11 is 1.80. The van der Waals surface area contributed by atoms with E-state index in [4.69, 9.17) is 15.0 Å². The molecule has 0 bridgehead atoms. The molecule has 0 unspecified atom stereocenters. The monoisotopic (exact) mass is 771 g/mol. The minimum absolute atomic E-state index is 0.161. The van der Waals surface area contributed by atoms with Crippen LogP contribution in [0.2, 0.25) is 0 Å². The third kappa shape index (κ3) is 4.84. The van der Waals surface area contributed by atoms with E-state index in [1.165, 1.54) is 70.2 Å². The van der Waals surface area contributed by atoms with E-state index in [2.05, 4.69) is 202 Å². The summed E-state index contributed by atoms with van der Waals surface area (Å²) in [5, 5.41) is 2.47. The zero-order valence-electron chi connectivity index (χ0n) is 32.6. The second kappa shape index (κ2) is 12.7. The molecule has 12 rings (SSSR count). The van der Waals surface area contributed by atoms with Gasteiger partial charge in [0, 0.05) is 42.3 Å². The van der Waals surface area contributed by atoms with Gasteiger partial charge < -0.3 is 0 Å². The van der Waals surface area contributed by atoms with Gasteiger partial charge in [0.05, 0.1) is 5.41 Å². The molecule has 2 aliphatic rings. The van der Waals surface area contributed by atoms with Crippen molar-refractivity contribution in [2.75, 3.05) is 0 Å². The normalized spacial score (nSPS) is 14.2. The van der Waals surface area contributed by atoms with Crippen molar-refractivity contribution in [3.05, 3.63) is 221 Å². The number of aromatic nitrogens is 3. The van der Waals surface area contributed by atoms with Crippen LogP contribution in [0.3, 0.4) is 0 Å². The van der Waals surface area contributed by atoms with Gasteiger partial charge in [-0.25, -0.2) is 15.0 Å². The topological polar surface area (TPSA) is 38.7 Å². The van der Waals surface area contributed by atoms with Crippen molar-refractivity contribution in [2.45, 2.75) is 24.7 Å². The summed E-state index contributed by atoms with van der Waals surface area (Å²) in [6.45, 7) is 4.65. The number of hydrogen-bond donors (Lipinski definition) is 0. The van der Waals surface area contributed by atoms with Gasteiger partial charge in [0.2, 0.25) is 0 Å². The molecule has 0 spiro atoms. The number of hydrogen-bond acceptors (Lipinski definition) is 4. The van der Waals surface area contributed by atoms with E-state index in [0.717, 1.165) is 22.3 Å². The van der Waals surface area contributed by atoms with Gasteiger partial charge in [0.25, 0.3) is 0 Å². The van der Waals surface area contributed by atoms with Gasteiger partial charge in [-0.05, 0) is 73.8 Å². The van der Waals surface area contributed by atoms with E-state index in [1.54, 1.807) is 11.3 Å². The highest BCUT2D eigenvalue weighted by atomic mass is 32.1. The Hall–Kier alpha value is -7.01. The zero-order valence-corrected chi connectivity index (χ0v) is 33.5. The fourth-order valence-corrected chi connectivity index (χ4v) is 11.4. The van der Waals surface area contributed by atoms with Crippen molar-refractivity contribution in [3.63, 3.8) is 0 Å². The first-order valence-electron chi connectivity index (χ1n) is 20.3. The summed E-state index contributed by atoms with van der Waals surface area (Å²) in [6, 6.07) is 68.2. The maximum Gasteiger partial charge on any atom is 0.165 e. The van der Waals surface area contributed by atoms with Gasteiger partial charge in [-0.2, -0.15) is 0 Å². The van der Waals surface area contributed by atoms with Crippen LogP contribution < -0.4 is 0 Å². The first-order chi connectivity index (χ1) is 29.0. The maximum absolute atomic E-state index is 5.48. The van der Waals surface area contributed by atoms with Crippen molar-refractivity contribution >= 4 is 31.5 Å². The molecule has 2 aromatic heterocycles. The highest BCUT2D eigenvalue weighted by Gasteiger charge is 2.47. The van der Waals surface area contributed by atoms with E-state index in [0.29, 0.717) is 17.5 Å². The van der Waals surface area contributed by atoms with Gasteiger partial charge in [-0.15, -0.1) is 11.3 Å². The summed E-state index contributed by atoms with van der Waals surface area (Å²) in [5.41, 5.74) is 14.8. The molecular weight excluding hydrogens is 735 g/mol. The van der Waals surface area contributed by atoms with Crippen LogP contribution in [-0.4, -0.2) is 15.0 Å². The van der Waals surface area contributed by atoms with E-state index in [1.807, 2.05) is 0 Å². The third-order valence-corrected chi connectivity index (χ3v) is 14.1. The van der Waals surface area contributed by atoms with Crippen molar-refractivity contribution in [3.8, 4) is 56.4 Å². The minimum atomic E-state index is -0.535. The molecule has 2 heterocycles. The highest BCUT2D eigenvalue weighted by Crippen LogP contribution is 2.58. The molecule has 59 heavy (non-hydrogen) atoms. The Kier molecular flexibility index (Phi) is 7.36. The van der Waals surface area contributed by atoms with Gasteiger partial charge in [-0.1, -0.05) is 184 Å². The molecule has 10 aromatic rings. The quantitative estimate of drug-likeness (QED) is 0.175. The third-order valence-electron chi connectivity index (χ3n) is 12.8. The molecule has 3 nitrogen and oxygen atoms in total. The smallest absolute Gasteiger partial charge is 0.165 e. The molecule has 0 atom stereocenters. The highest BCUT2D eigenvalue weighted by molar-refractivity contribution is 7.26. The van der Waals surface area contributed by atoms with Gasteiger partial charge in [-0.3, -0.25) is 0 Å². The summed E-state index contributed by atoms with van der Waals surface area (Å²) in [6.07, 6.45) is 0. The summed E-state index contributed by atoms with van der Waals surface area (Å²) in [5.74, 6) is 2.00. The van der Waals surface area contributed by atoms with E-state index >= 15 is 0 Å². The predicted octanol–water partition coefficient (Wildman–Crippen LogP) is 13.9. The Bertz CT molecular complexity index is 3270. The average molecular weight is 772 g/mol. The van der Waals surface area contributed by atoms with E-state index in [-0.39, 0.29) is 5.41 Å². The SMILES string of the molecule is CC1(C)c2ccccc2-c2ccc(-c3nc(-c4cccc5c4-c4ccccc4C5(c4ccccc4)c4ccccc4)nc(-c4cccc5c4sc4ccccc45)n3)cc21. The second-order valence-corrected chi connectivity index (χ2v) is 17.3. The first-order valence-corrected chi connectivity index (χ1v) is 21.1. The van der Waals surface area contributed by atoms with Gasteiger partial charge in [0.15, 0.2) is 17.5 Å². The Morgan fingerprint density at radius 3 is 1.71 bits per heavy atom. The van der Waals surface area contributed by atoms with Crippen LogP contribution in [0, 0.1) is 0 Å². The summed E-state index contributed by atoms with van der Waals surface area (Å²) in [7, 11) is 0. The molecule has 0 N–H and O–H groups in total. The van der Waals surface area contributed by atoms with Crippen LogP contribution in [0.1, 0.15) is 47.2 Å². The molecule has 0 radical (unpaired) electrons. The van der Waals surface area contributed by atoms with Crippen LogP contribution in [0.5, 0.6) is 0 Å². The van der Waals surface area contributed by atoms with Gasteiger partial charge in [0.1, 0.15) is 0 Å². The van der Waals surface area contributed by atoms with Crippen LogP contribution in [0.25, 0.3) is 76.6 Å². The molecule has 0 saturated carbocycles. The van der Waals surface area contributed by atoms with E-state index in [9.17, 15) is 0 Å². The molecule has 0 saturated heterocycles. The number of rotatable bonds is 5. The first kappa shape index (κ1) is 34.1. The Labute approximate surface area is 347 Å². The standard InChI is InChI=1S/C55H37N3S/c1-54(2)44-27-12-9-21-37(44)38-32-31-34(33-47(38)54)51-56-52(58-53(57-51)43-26-15-24-40-39-22-11-14-30-48(39)59-50(40)43)42-25-16-29-46-49(42)41-23-10-13-28-45(41)55(46,35-17-5-3-6-18-35)36-19-7-4-8-20-36/h3-33H,1-2H3. The van der Waals surface area contributed by atoms with Crippen molar-refractivity contribution in [1.29, 1.82) is 0 Å². The Morgan fingerprint density at radius 1 is 0.390 bits per heavy atom. The van der Waals surface area contributed by atoms with Gasteiger partial charge >= 0.3 is 0 Å². The molecule has 2 aliphatic carbocycles. The molecule has 8 aromatic carbocycles. The molecule has 0 amide bonds. The van der Waals surface area contributed by atoms with Crippen molar-refractivity contribution in [1.82, 2.24) is 15.0 Å². The average Bonchev–Trinajstić information content (AvgIpc) is 3.91. The summed E-state index contributed by atoms with van der Waals surface area (Å²) < 4.78 is 2.43. The van der Waals surface area contributed by atoms with Crippen molar-refractivity contribution in [2.24, 2.45) is 0 Å². The lowest BCUT2D eigenvalue weighted by atomic mass is 9.67. The molecule has 0 fully saturated rings. The number of fused-ring (bicyclic) bond motifs is 9. The van der Waals surface area contributed by atoms with E-state index < -0.39 is 5.41 Å². The summed E-state index contributed by atoms with van der Waals surface area (Å²) in [4.78, 5) is 16.3. The fraction of sp³-hybridized carbons (Fsp3) is 0.0727. The van der Waals surface area contributed by atoms with Crippen LogP contribution in [0.15, 0.2) is 188 Å². The maximum atomic E-state index is 5.48. The number of nitrogens with zero attached hydrogens (tertiary/aromatic N) is 3. The van der Waals surface area contributed by atoms with Crippen LogP contribution in [-0.2, 0) is 10.8 Å².